The van der Waals surface area contributed by atoms with Crippen LogP contribution in [0.1, 0.15) is 29.9 Å². The number of Topliss-reactive ketones (excluding diaryl/α,β-unsaturated/α-hetero) is 2. The third-order valence-corrected chi connectivity index (χ3v) is 7.82. The number of carbonyl (C=O) groups excluding carboxylic acids is 2. The fraction of sp³-hybridized carbons (Fsp3) is 0.391. The monoisotopic (exact) mass is 410 g/mol. The minimum atomic E-state index is -3.24. The molecule has 150 valence electrons. The molecule has 1 saturated carbocycles. The zero-order valence-electron chi connectivity index (χ0n) is 16.3. The number of carbonyl (C=O) groups is 2. The normalized spacial score (nSPS) is 30.8. The summed E-state index contributed by atoms with van der Waals surface area (Å²) in [5, 5.41) is 0. The van der Waals surface area contributed by atoms with Gasteiger partial charge in [0.15, 0.2) is 21.4 Å². The van der Waals surface area contributed by atoms with Gasteiger partial charge in [0.25, 0.3) is 0 Å². The molecule has 0 radical (unpaired) electrons. The van der Waals surface area contributed by atoms with Gasteiger partial charge in [0.1, 0.15) is 5.92 Å². The van der Waals surface area contributed by atoms with Gasteiger partial charge < -0.3 is 4.74 Å². The van der Waals surface area contributed by atoms with Crippen LogP contribution in [-0.4, -0.2) is 38.4 Å². The summed E-state index contributed by atoms with van der Waals surface area (Å²) in [4.78, 5) is 26.4. The maximum Gasteiger partial charge on any atom is 0.175 e. The number of aryl methyl sites for hydroxylation is 1. The van der Waals surface area contributed by atoms with Crippen molar-refractivity contribution in [3.8, 4) is 11.1 Å². The summed E-state index contributed by atoms with van der Waals surface area (Å²) in [6.45, 7) is 1.92. The van der Waals surface area contributed by atoms with Gasteiger partial charge in [-0.3, -0.25) is 9.59 Å². The fourth-order valence-electron chi connectivity index (χ4n) is 5.31. The molecule has 1 aliphatic carbocycles. The second-order valence-corrected chi connectivity index (χ2v) is 10.5. The first-order valence-corrected chi connectivity index (χ1v) is 11.8. The number of ketones is 2. The highest BCUT2D eigenvalue weighted by Gasteiger charge is 2.62. The molecule has 29 heavy (non-hydrogen) atoms. The lowest BCUT2D eigenvalue weighted by Gasteiger charge is -2.16. The van der Waals surface area contributed by atoms with Crippen molar-refractivity contribution < 1.29 is 22.7 Å². The predicted octanol–water partition coefficient (Wildman–Crippen LogP) is 3.09. The molecule has 5 rings (SSSR count). The van der Waals surface area contributed by atoms with E-state index < -0.39 is 15.8 Å². The topological polar surface area (TPSA) is 77.5 Å². The molecule has 0 aromatic heterocycles. The van der Waals surface area contributed by atoms with Crippen LogP contribution in [0.2, 0.25) is 0 Å². The summed E-state index contributed by atoms with van der Waals surface area (Å²) in [5.41, 5.74) is 3.49. The van der Waals surface area contributed by atoms with E-state index in [2.05, 4.69) is 0 Å². The number of rotatable bonds is 3. The summed E-state index contributed by atoms with van der Waals surface area (Å²) in [7, 11) is -3.24. The van der Waals surface area contributed by atoms with Crippen LogP contribution in [0.15, 0.2) is 47.4 Å². The first-order chi connectivity index (χ1) is 13.8. The van der Waals surface area contributed by atoms with Crippen LogP contribution in [-0.2, 0) is 24.2 Å². The number of ether oxygens (including phenoxy) is 1. The minimum absolute atomic E-state index is 0.0144. The number of hydrogen-bond acceptors (Lipinski definition) is 5. The Hall–Kier alpha value is -2.31. The van der Waals surface area contributed by atoms with Crippen molar-refractivity contribution in [1.82, 2.24) is 0 Å². The molecule has 1 unspecified atom stereocenters. The summed E-state index contributed by atoms with van der Waals surface area (Å²) in [5.74, 6) is -1.19. The highest BCUT2D eigenvalue weighted by molar-refractivity contribution is 7.90. The van der Waals surface area contributed by atoms with Gasteiger partial charge in [-0.25, -0.2) is 8.42 Å². The molecule has 2 aromatic carbocycles. The summed E-state index contributed by atoms with van der Waals surface area (Å²) in [6, 6.07) is 12.5. The minimum Gasteiger partial charge on any atom is -0.373 e. The molecule has 2 saturated heterocycles. The summed E-state index contributed by atoms with van der Waals surface area (Å²) >= 11 is 0. The molecule has 2 aromatic rings. The third-order valence-electron chi connectivity index (χ3n) is 6.70. The number of fused-ring (bicyclic) bond motifs is 5. The van der Waals surface area contributed by atoms with Crippen molar-refractivity contribution in [3.05, 3.63) is 53.6 Å². The lowest BCUT2D eigenvalue weighted by molar-refractivity contribution is -0.127. The highest BCUT2D eigenvalue weighted by atomic mass is 32.2. The van der Waals surface area contributed by atoms with E-state index in [1.54, 1.807) is 24.3 Å². The molecule has 6 heteroatoms. The lowest BCUT2D eigenvalue weighted by Crippen LogP contribution is -2.29. The van der Waals surface area contributed by atoms with Crippen LogP contribution >= 0.6 is 0 Å². The van der Waals surface area contributed by atoms with Crippen LogP contribution < -0.4 is 0 Å². The van der Waals surface area contributed by atoms with Gasteiger partial charge >= 0.3 is 0 Å². The van der Waals surface area contributed by atoms with E-state index in [-0.39, 0.29) is 40.5 Å². The zero-order valence-corrected chi connectivity index (χ0v) is 17.1. The van der Waals surface area contributed by atoms with E-state index in [1.165, 1.54) is 6.26 Å². The van der Waals surface area contributed by atoms with Crippen LogP contribution in [0, 0.1) is 18.8 Å². The molecule has 0 amide bonds. The van der Waals surface area contributed by atoms with Gasteiger partial charge in [0, 0.05) is 6.26 Å². The van der Waals surface area contributed by atoms with Crippen LogP contribution in [0.3, 0.4) is 0 Å². The van der Waals surface area contributed by atoms with E-state index in [9.17, 15) is 18.0 Å². The molecular formula is C23H22O5S. The first kappa shape index (κ1) is 18.7. The van der Waals surface area contributed by atoms with Crippen molar-refractivity contribution in [3.63, 3.8) is 0 Å². The smallest absolute Gasteiger partial charge is 0.175 e. The quantitative estimate of drug-likeness (QED) is 0.727. The molecule has 0 N–H and O–H groups in total. The second-order valence-electron chi connectivity index (χ2n) is 8.45. The predicted molar refractivity (Wildman–Crippen MR) is 107 cm³/mol. The Morgan fingerprint density at radius 1 is 0.862 bits per heavy atom. The van der Waals surface area contributed by atoms with Crippen LogP contribution in [0.5, 0.6) is 0 Å². The van der Waals surface area contributed by atoms with Crippen molar-refractivity contribution in [1.29, 1.82) is 0 Å². The Morgan fingerprint density at radius 2 is 1.41 bits per heavy atom. The van der Waals surface area contributed by atoms with Gasteiger partial charge in [0.05, 0.1) is 28.9 Å². The Kier molecular flexibility index (Phi) is 4.09. The van der Waals surface area contributed by atoms with Crippen LogP contribution in [0.4, 0.5) is 0 Å². The average Bonchev–Trinajstić information content (AvgIpc) is 3.36. The third kappa shape index (κ3) is 2.81. The van der Waals surface area contributed by atoms with Crippen molar-refractivity contribution >= 4 is 21.4 Å². The Bertz CT molecular complexity index is 1100. The SMILES string of the molecule is Cc1cc(-c2ccc(S(C)(=O)=O)cc2)ccc1C1C(=O)[C@@H]2[C@H](C1=O)[C@H]1CC[C@H]2O1. The lowest BCUT2D eigenvalue weighted by atomic mass is 9.81. The Labute approximate surface area is 170 Å². The summed E-state index contributed by atoms with van der Waals surface area (Å²) < 4.78 is 29.1. The van der Waals surface area contributed by atoms with Gasteiger partial charge in [-0.05, 0) is 54.2 Å². The molecule has 5 atom stereocenters. The van der Waals surface area contributed by atoms with E-state index >= 15 is 0 Å². The highest BCUT2D eigenvalue weighted by Crippen LogP contribution is 2.52. The molecular weight excluding hydrogens is 388 g/mol. The van der Waals surface area contributed by atoms with Gasteiger partial charge in [-0.2, -0.15) is 0 Å². The molecule has 0 spiro atoms. The van der Waals surface area contributed by atoms with Crippen molar-refractivity contribution in [2.45, 2.75) is 42.8 Å². The van der Waals surface area contributed by atoms with Gasteiger partial charge in [0.2, 0.25) is 0 Å². The molecule has 2 aliphatic heterocycles. The summed E-state index contributed by atoms with van der Waals surface area (Å²) in [6.07, 6.45) is 2.76. The van der Waals surface area contributed by atoms with Crippen molar-refractivity contribution in [2.24, 2.45) is 11.8 Å². The molecule has 5 nitrogen and oxygen atoms in total. The molecule has 3 fully saturated rings. The number of benzene rings is 2. The molecule has 2 heterocycles. The number of sulfone groups is 1. The van der Waals surface area contributed by atoms with Crippen molar-refractivity contribution in [2.75, 3.05) is 6.26 Å². The largest absolute Gasteiger partial charge is 0.373 e. The maximum atomic E-state index is 13.1. The zero-order chi connectivity index (χ0) is 20.5. The van der Waals surface area contributed by atoms with E-state index in [0.29, 0.717) is 0 Å². The maximum absolute atomic E-state index is 13.1. The second kappa shape index (κ2) is 6.34. The van der Waals surface area contributed by atoms with E-state index in [0.717, 1.165) is 35.1 Å². The van der Waals surface area contributed by atoms with Gasteiger partial charge in [-0.1, -0.05) is 30.3 Å². The standard InChI is InChI=1S/C23H22O5S/c1-12-11-14(13-3-6-15(7-4-13)29(2,26)27)5-8-16(12)19-22(24)20-17-9-10-18(28-17)21(20)23(19)25/h3-8,11,17-21H,9-10H2,1-2H3/t17-,18-,19?,20-,21+/m1/s1. The number of hydrogen-bond donors (Lipinski definition) is 0. The molecule has 3 aliphatic rings. The van der Waals surface area contributed by atoms with Crippen LogP contribution in [0.25, 0.3) is 11.1 Å². The average molecular weight is 410 g/mol. The van der Waals surface area contributed by atoms with E-state index in [4.69, 9.17) is 4.74 Å². The Morgan fingerprint density at radius 3 is 1.93 bits per heavy atom. The Balaban J connectivity index is 1.46. The van der Waals surface area contributed by atoms with E-state index in [1.807, 2.05) is 25.1 Å². The first-order valence-electron chi connectivity index (χ1n) is 9.89. The van der Waals surface area contributed by atoms with Gasteiger partial charge in [-0.15, -0.1) is 0 Å². The fourth-order valence-corrected chi connectivity index (χ4v) is 5.94. The molecule has 2 bridgehead atoms.